The summed E-state index contributed by atoms with van der Waals surface area (Å²) in [6.45, 7) is 29.5. The van der Waals surface area contributed by atoms with E-state index >= 15 is 0 Å². The minimum atomic E-state index is -3.04. The first-order valence-corrected chi connectivity index (χ1v) is 22.5. The van der Waals surface area contributed by atoms with Gasteiger partial charge in [0, 0.05) is 21.3 Å². The van der Waals surface area contributed by atoms with Crippen molar-refractivity contribution >= 4 is 33.0 Å². The molecular weight excluding hydrogens is 449 g/mol. The van der Waals surface area contributed by atoms with E-state index in [0.717, 1.165) is 18.1 Å². The lowest BCUT2D eigenvalue weighted by Crippen LogP contribution is -2.56. The van der Waals surface area contributed by atoms with Crippen LogP contribution < -0.4 is 0 Å². The molecule has 0 spiro atoms. The van der Waals surface area contributed by atoms with E-state index in [1.54, 1.807) is 36.9 Å². The molecule has 31 heavy (non-hydrogen) atoms. The standard InChI is InChI=1S/C24H46O3Si4/c1-14-17-28(8,9)21-20-24(4,31(25-5,26-6)27-7)23(30(12,13)19-16-3)22(21)29(10,11)18-15-2/h14-16,20H,1-3,17-19H2,4-13H3. The van der Waals surface area contributed by atoms with E-state index < -0.39 is 33.0 Å². The molecule has 0 heterocycles. The minimum absolute atomic E-state index is 0.383. The van der Waals surface area contributed by atoms with Crippen LogP contribution in [0.1, 0.15) is 6.92 Å². The topological polar surface area (TPSA) is 27.7 Å². The Kier molecular flexibility index (Phi) is 9.33. The van der Waals surface area contributed by atoms with E-state index in [2.05, 4.69) is 90.2 Å². The van der Waals surface area contributed by atoms with Crippen LogP contribution in [0, 0.1) is 0 Å². The van der Waals surface area contributed by atoms with Gasteiger partial charge in [0.15, 0.2) is 0 Å². The van der Waals surface area contributed by atoms with E-state index in [-0.39, 0.29) is 5.04 Å². The van der Waals surface area contributed by atoms with Gasteiger partial charge >= 0.3 is 8.80 Å². The van der Waals surface area contributed by atoms with Gasteiger partial charge < -0.3 is 13.3 Å². The summed E-state index contributed by atoms with van der Waals surface area (Å²) in [6.07, 6.45) is 8.83. The molecule has 0 N–H and O–H groups in total. The Hall–Kier alpha value is -0.552. The molecule has 0 fully saturated rings. The van der Waals surface area contributed by atoms with E-state index in [9.17, 15) is 0 Å². The van der Waals surface area contributed by atoms with Gasteiger partial charge in [-0.2, -0.15) is 0 Å². The quantitative estimate of drug-likeness (QED) is 0.201. The second-order valence-corrected chi connectivity index (χ2v) is 28.3. The zero-order chi connectivity index (χ0) is 24.3. The molecule has 176 valence electrons. The maximum atomic E-state index is 6.17. The van der Waals surface area contributed by atoms with Gasteiger partial charge in [0.25, 0.3) is 0 Å². The zero-order valence-corrected chi connectivity index (χ0v) is 25.8. The Balaban J connectivity index is 4.24. The lowest BCUT2D eigenvalue weighted by atomic mass is 10.2. The molecule has 0 aromatic heterocycles. The summed E-state index contributed by atoms with van der Waals surface area (Å²) >= 11 is 0. The summed E-state index contributed by atoms with van der Waals surface area (Å²) in [7, 11) is -3.33. The average Bonchev–Trinajstić information content (AvgIpc) is 3.01. The normalized spacial score (nSPS) is 20.6. The molecule has 1 aliphatic carbocycles. The summed E-state index contributed by atoms with van der Waals surface area (Å²) in [6, 6.07) is 3.12. The molecule has 0 aliphatic heterocycles. The molecule has 0 saturated heterocycles. The SMILES string of the molecule is C=CC[Si](C)(C)C1=CC(C)([Si](OC)(OC)OC)C([Si](C)(C)CC=C)=C1[Si](C)(C)CC=C. The van der Waals surface area contributed by atoms with Crippen molar-refractivity contribution in [3.05, 3.63) is 59.6 Å². The Bertz CT molecular complexity index is 753. The minimum Gasteiger partial charge on any atom is -0.376 e. The van der Waals surface area contributed by atoms with Crippen LogP contribution in [0.15, 0.2) is 59.6 Å². The van der Waals surface area contributed by atoms with Crippen LogP contribution in [-0.2, 0) is 13.3 Å². The van der Waals surface area contributed by atoms with Gasteiger partial charge in [-0.3, -0.25) is 0 Å². The van der Waals surface area contributed by atoms with Gasteiger partial charge in [0.05, 0.1) is 29.3 Å². The highest BCUT2D eigenvalue weighted by Gasteiger charge is 2.64. The highest BCUT2D eigenvalue weighted by atomic mass is 28.4. The van der Waals surface area contributed by atoms with Gasteiger partial charge in [-0.1, -0.05) is 79.2 Å². The summed E-state index contributed by atoms with van der Waals surface area (Å²) in [5, 5.41) is 4.38. The lowest BCUT2D eigenvalue weighted by molar-refractivity contribution is 0.108. The predicted molar refractivity (Wildman–Crippen MR) is 148 cm³/mol. The van der Waals surface area contributed by atoms with Crippen molar-refractivity contribution in [1.82, 2.24) is 0 Å². The summed E-state index contributed by atoms with van der Waals surface area (Å²) in [5.41, 5.74) is 0. The molecule has 0 aromatic carbocycles. The third-order valence-corrected chi connectivity index (χ3v) is 20.8. The van der Waals surface area contributed by atoms with Crippen molar-refractivity contribution in [3.63, 3.8) is 0 Å². The van der Waals surface area contributed by atoms with Crippen molar-refractivity contribution in [2.75, 3.05) is 21.3 Å². The maximum absolute atomic E-state index is 6.17. The molecule has 7 heteroatoms. The number of hydrogen-bond donors (Lipinski definition) is 0. The third-order valence-electron chi connectivity index (χ3n) is 6.96. The van der Waals surface area contributed by atoms with Gasteiger partial charge in [-0.15, -0.1) is 19.7 Å². The van der Waals surface area contributed by atoms with Gasteiger partial charge in [0.2, 0.25) is 0 Å². The fourth-order valence-corrected chi connectivity index (χ4v) is 22.4. The zero-order valence-electron chi connectivity index (χ0n) is 21.8. The van der Waals surface area contributed by atoms with Gasteiger partial charge in [-0.25, -0.2) is 0 Å². The van der Waals surface area contributed by atoms with E-state index in [1.165, 1.54) is 0 Å². The average molecular weight is 495 g/mol. The van der Waals surface area contributed by atoms with Gasteiger partial charge in [-0.05, 0) is 25.1 Å². The van der Waals surface area contributed by atoms with E-state index in [1.807, 2.05) is 0 Å². The predicted octanol–water partition coefficient (Wildman–Crippen LogP) is 7.16. The smallest absolute Gasteiger partial charge is 0.376 e. The summed E-state index contributed by atoms with van der Waals surface area (Å²) in [4.78, 5) is 0. The molecule has 1 unspecified atom stereocenters. The van der Waals surface area contributed by atoms with Crippen LogP contribution in [0.4, 0.5) is 0 Å². The molecule has 0 saturated carbocycles. The molecular formula is C24H46O3Si4. The van der Waals surface area contributed by atoms with Crippen LogP contribution >= 0.6 is 0 Å². The molecule has 3 nitrogen and oxygen atoms in total. The van der Waals surface area contributed by atoms with Crippen LogP contribution in [0.25, 0.3) is 0 Å². The van der Waals surface area contributed by atoms with E-state index in [4.69, 9.17) is 13.3 Å². The Morgan fingerprint density at radius 1 is 0.742 bits per heavy atom. The Labute approximate surface area is 196 Å². The Morgan fingerprint density at radius 2 is 1.13 bits per heavy atom. The van der Waals surface area contributed by atoms with E-state index in [0.29, 0.717) is 0 Å². The van der Waals surface area contributed by atoms with Crippen molar-refractivity contribution in [2.24, 2.45) is 0 Å². The van der Waals surface area contributed by atoms with Crippen LogP contribution in [0.2, 0.25) is 62.5 Å². The fourth-order valence-electron chi connectivity index (χ4n) is 5.63. The maximum Gasteiger partial charge on any atom is 0.514 e. The Morgan fingerprint density at radius 3 is 1.52 bits per heavy atom. The van der Waals surface area contributed by atoms with Crippen molar-refractivity contribution < 1.29 is 13.3 Å². The summed E-state index contributed by atoms with van der Waals surface area (Å²) in [5.74, 6) is 0. The molecule has 1 aliphatic rings. The van der Waals surface area contributed by atoms with Crippen LogP contribution in [0.3, 0.4) is 0 Å². The van der Waals surface area contributed by atoms with Crippen molar-refractivity contribution in [3.8, 4) is 0 Å². The first kappa shape index (κ1) is 28.5. The second kappa shape index (κ2) is 10.2. The summed E-state index contributed by atoms with van der Waals surface area (Å²) < 4.78 is 18.5. The highest BCUT2D eigenvalue weighted by Crippen LogP contribution is 2.61. The molecule has 0 aromatic rings. The number of hydrogen-bond acceptors (Lipinski definition) is 3. The van der Waals surface area contributed by atoms with Crippen LogP contribution in [0.5, 0.6) is 0 Å². The fraction of sp³-hybridized carbons (Fsp3) is 0.583. The van der Waals surface area contributed by atoms with Crippen molar-refractivity contribution in [2.45, 2.75) is 69.4 Å². The number of allylic oxidation sites excluding steroid dienone is 7. The third kappa shape index (κ3) is 5.02. The highest BCUT2D eigenvalue weighted by molar-refractivity contribution is 6.98. The first-order chi connectivity index (χ1) is 14.2. The monoisotopic (exact) mass is 494 g/mol. The van der Waals surface area contributed by atoms with Crippen LogP contribution in [-0.4, -0.2) is 54.4 Å². The molecule has 1 rings (SSSR count). The first-order valence-electron chi connectivity index (χ1n) is 11.2. The molecule has 0 amide bonds. The van der Waals surface area contributed by atoms with Crippen molar-refractivity contribution in [1.29, 1.82) is 0 Å². The van der Waals surface area contributed by atoms with Gasteiger partial charge in [0.1, 0.15) is 0 Å². The lowest BCUT2D eigenvalue weighted by Gasteiger charge is -2.45. The number of rotatable bonds is 13. The molecule has 0 radical (unpaired) electrons. The molecule has 1 atom stereocenters. The largest absolute Gasteiger partial charge is 0.514 e. The molecule has 0 bridgehead atoms. The second-order valence-electron chi connectivity index (χ2n) is 10.8.